The van der Waals surface area contributed by atoms with Gasteiger partial charge in [-0.25, -0.2) is 9.97 Å². The minimum absolute atomic E-state index is 0.732. The van der Waals surface area contributed by atoms with Gasteiger partial charge >= 0.3 is 0 Å². The maximum absolute atomic E-state index is 5.39. The highest BCUT2D eigenvalue weighted by molar-refractivity contribution is 7.25. The molecular formula is C40H24N4S. The number of thiophene rings is 1. The van der Waals surface area contributed by atoms with Crippen molar-refractivity contribution >= 4 is 75.3 Å². The van der Waals surface area contributed by atoms with Gasteiger partial charge in [0.15, 0.2) is 11.6 Å². The van der Waals surface area contributed by atoms with Crippen molar-refractivity contribution in [1.29, 1.82) is 0 Å². The van der Waals surface area contributed by atoms with Gasteiger partial charge in [0.1, 0.15) is 4.83 Å². The van der Waals surface area contributed by atoms with Crippen molar-refractivity contribution in [3.05, 3.63) is 146 Å². The summed E-state index contributed by atoms with van der Waals surface area (Å²) in [5, 5.41) is 7.17. The predicted octanol–water partition coefficient (Wildman–Crippen LogP) is 10.7. The average molecular weight is 593 g/mol. The minimum atomic E-state index is 0.732. The Morgan fingerprint density at radius 3 is 1.89 bits per heavy atom. The van der Waals surface area contributed by atoms with Gasteiger partial charge in [0.2, 0.25) is 0 Å². The third kappa shape index (κ3) is 3.47. The molecular weight excluding hydrogens is 569 g/mol. The number of benzene rings is 6. The Morgan fingerprint density at radius 1 is 0.444 bits per heavy atom. The van der Waals surface area contributed by atoms with Crippen LogP contribution in [0.4, 0.5) is 0 Å². The number of nitrogens with zero attached hydrogens (tertiary/aromatic N) is 4. The number of aromatic nitrogens is 4. The van der Waals surface area contributed by atoms with Crippen molar-refractivity contribution in [1.82, 2.24) is 19.1 Å². The van der Waals surface area contributed by atoms with Crippen LogP contribution in [0.3, 0.4) is 0 Å². The highest BCUT2D eigenvalue weighted by Gasteiger charge is 2.24. The van der Waals surface area contributed by atoms with E-state index in [-0.39, 0.29) is 0 Å². The standard InChI is InChI=1S/C40H24N4S/c1-3-13-25(14-4-1)38-41-39(36-30-19-9-12-22-34(30)45-40(36)42-38)44-32-21-11-8-18-29(32)35-33(44)24-23-28-27-17-7-10-20-31(27)43(37(28)35)26-15-5-2-6-16-26/h1-24H. The minimum Gasteiger partial charge on any atom is -0.309 e. The Hall–Kier alpha value is -5.78. The molecule has 6 aromatic carbocycles. The molecule has 4 aromatic heterocycles. The zero-order valence-corrected chi connectivity index (χ0v) is 24.9. The number of hydrogen-bond donors (Lipinski definition) is 0. The van der Waals surface area contributed by atoms with E-state index in [1.54, 1.807) is 11.3 Å². The van der Waals surface area contributed by atoms with Crippen LogP contribution in [0.2, 0.25) is 0 Å². The Kier molecular flexibility index (Phi) is 5.12. The molecule has 0 saturated carbocycles. The van der Waals surface area contributed by atoms with E-state index in [4.69, 9.17) is 9.97 Å². The highest BCUT2D eigenvalue weighted by atomic mass is 32.1. The largest absolute Gasteiger partial charge is 0.309 e. The molecule has 5 heteroatoms. The molecule has 0 N–H and O–H groups in total. The Bertz CT molecular complexity index is 2750. The SMILES string of the molecule is c1ccc(-c2nc(-n3c4ccccc4c4c3ccc3c5ccccc5n(-c5ccccc5)c34)c3c(n2)sc2ccccc23)cc1. The topological polar surface area (TPSA) is 35.6 Å². The second-order valence-electron chi connectivity index (χ2n) is 11.4. The van der Waals surface area contributed by atoms with E-state index in [2.05, 4.69) is 137 Å². The number of hydrogen-bond acceptors (Lipinski definition) is 3. The van der Waals surface area contributed by atoms with Crippen LogP contribution in [0.5, 0.6) is 0 Å². The van der Waals surface area contributed by atoms with Gasteiger partial charge in [-0.05, 0) is 36.4 Å². The highest BCUT2D eigenvalue weighted by Crippen LogP contribution is 2.44. The molecule has 45 heavy (non-hydrogen) atoms. The van der Waals surface area contributed by atoms with E-state index in [0.29, 0.717) is 0 Å². The van der Waals surface area contributed by atoms with Gasteiger partial charge in [0.25, 0.3) is 0 Å². The van der Waals surface area contributed by atoms with Gasteiger partial charge < -0.3 is 4.57 Å². The summed E-state index contributed by atoms with van der Waals surface area (Å²) in [6.07, 6.45) is 0. The molecule has 10 rings (SSSR count). The van der Waals surface area contributed by atoms with Gasteiger partial charge in [0.05, 0.1) is 27.5 Å². The number of para-hydroxylation sites is 3. The summed E-state index contributed by atoms with van der Waals surface area (Å²) in [6.45, 7) is 0. The van der Waals surface area contributed by atoms with Gasteiger partial charge in [-0.3, -0.25) is 4.57 Å². The molecule has 0 aliphatic rings. The summed E-state index contributed by atoms with van der Waals surface area (Å²) in [5.41, 5.74) is 6.80. The lowest BCUT2D eigenvalue weighted by Gasteiger charge is -2.12. The van der Waals surface area contributed by atoms with E-state index < -0.39 is 0 Å². The molecule has 0 atom stereocenters. The molecule has 4 nitrogen and oxygen atoms in total. The lowest BCUT2D eigenvalue weighted by atomic mass is 10.1. The van der Waals surface area contributed by atoms with E-state index in [9.17, 15) is 0 Å². The van der Waals surface area contributed by atoms with Gasteiger partial charge in [0, 0.05) is 42.9 Å². The molecule has 0 fully saturated rings. The summed E-state index contributed by atoms with van der Waals surface area (Å²) in [7, 11) is 0. The first kappa shape index (κ1) is 24.6. The fraction of sp³-hybridized carbons (Fsp3) is 0. The van der Waals surface area contributed by atoms with Gasteiger partial charge in [-0.2, -0.15) is 0 Å². The molecule has 0 aliphatic heterocycles. The lowest BCUT2D eigenvalue weighted by molar-refractivity contribution is 1.08. The monoisotopic (exact) mass is 592 g/mol. The van der Waals surface area contributed by atoms with E-state index in [0.717, 1.165) is 44.1 Å². The molecule has 0 radical (unpaired) electrons. The van der Waals surface area contributed by atoms with Crippen molar-refractivity contribution in [3.63, 3.8) is 0 Å². The first-order chi connectivity index (χ1) is 22.3. The summed E-state index contributed by atoms with van der Waals surface area (Å²) in [6, 6.07) is 51.6. The average Bonchev–Trinajstić information content (AvgIpc) is 3.76. The van der Waals surface area contributed by atoms with Crippen LogP contribution in [-0.2, 0) is 0 Å². The maximum atomic E-state index is 5.39. The lowest BCUT2D eigenvalue weighted by Crippen LogP contribution is -2.02. The van der Waals surface area contributed by atoms with Crippen LogP contribution in [0.15, 0.2) is 146 Å². The molecule has 0 aliphatic carbocycles. The molecule has 4 heterocycles. The maximum Gasteiger partial charge on any atom is 0.163 e. The summed E-state index contributed by atoms with van der Waals surface area (Å²) in [5.74, 6) is 1.64. The molecule has 10 aromatic rings. The van der Waals surface area contributed by atoms with E-state index in [1.165, 1.54) is 42.7 Å². The molecule has 0 unspecified atom stereocenters. The first-order valence-corrected chi connectivity index (χ1v) is 15.9. The van der Waals surface area contributed by atoms with Crippen LogP contribution in [0.25, 0.3) is 86.8 Å². The zero-order valence-electron chi connectivity index (χ0n) is 24.1. The van der Waals surface area contributed by atoms with Crippen molar-refractivity contribution in [2.24, 2.45) is 0 Å². The van der Waals surface area contributed by atoms with Crippen LogP contribution in [-0.4, -0.2) is 19.1 Å². The number of fused-ring (bicyclic) bond motifs is 10. The van der Waals surface area contributed by atoms with Crippen molar-refractivity contribution in [2.45, 2.75) is 0 Å². The van der Waals surface area contributed by atoms with E-state index >= 15 is 0 Å². The number of rotatable bonds is 3. The molecule has 0 amide bonds. The third-order valence-corrected chi connectivity index (χ3v) is 10.0. The normalized spacial score (nSPS) is 12.0. The molecule has 0 bridgehead atoms. The molecule has 210 valence electrons. The second kappa shape index (κ2) is 9.36. The summed E-state index contributed by atoms with van der Waals surface area (Å²) < 4.78 is 6.00. The summed E-state index contributed by atoms with van der Waals surface area (Å²) >= 11 is 1.73. The van der Waals surface area contributed by atoms with Crippen LogP contribution >= 0.6 is 11.3 Å². The predicted molar refractivity (Wildman–Crippen MR) is 189 cm³/mol. The first-order valence-electron chi connectivity index (χ1n) is 15.1. The van der Waals surface area contributed by atoms with Crippen molar-refractivity contribution < 1.29 is 0 Å². The van der Waals surface area contributed by atoms with Crippen LogP contribution in [0.1, 0.15) is 0 Å². The Morgan fingerprint density at radius 2 is 1.09 bits per heavy atom. The molecule has 0 spiro atoms. The smallest absolute Gasteiger partial charge is 0.163 e. The van der Waals surface area contributed by atoms with Crippen LogP contribution < -0.4 is 0 Å². The second-order valence-corrected chi connectivity index (χ2v) is 12.4. The Balaban J connectivity index is 1.42. The van der Waals surface area contributed by atoms with Crippen molar-refractivity contribution in [3.8, 4) is 22.9 Å². The quantitative estimate of drug-likeness (QED) is 0.205. The third-order valence-electron chi connectivity index (χ3n) is 8.95. The van der Waals surface area contributed by atoms with Gasteiger partial charge in [-0.1, -0.05) is 109 Å². The summed E-state index contributed by atoms with van der Waals surface area (Å²) in [4.78, 5) is 11.5. The fourth-order valence-electron chi connectivity index (χ4n) is 7.06. The Labute approximate surface area is 262 Å². The fourth-order valence-corrected chi connectivity index (χ4v) is 8.14. The van der Waals surface area contributed by atoms with Crippen molar-refractivity contribution in [2.75, 3.05) is 0 Å². The van der Waals surface area contributed by atoms with Crippen LogP contribution in [0, 0.1) is 0 Å². The van der Waals surface area contributed by atoms with Gasteiger partial charge in [-0.15, -0.1) is 11.3 Å². The molecule has 0 saturated heterocycles. The zero-order chi connectivity index (χ0) is 29.5. The van der Waals surface area contributed by atoms with E-state index in [1.807, 2.05) is 18.2 Å².